The minimum atomic E-state index is -0.928. The average molecular weight is 242 g/mol. The Hall–Kier alpha value is -1.63. The molecule has 1 aliphatic heterocycles. The van der Waals surface area contributed by atoms with Crippen LogP contribution in [0.25, 0.3) is 0 Å². The maximum absolute atomic E-state index is 11.9. The van der Waals surface area contributed by atoms with Gasteiger partial charge >= 0.3 is 6.03 Å². The normalized spacial score (nSPS) is 19.2. The first kappa shape index (κ1) is 13.4. The van der Waals surface area contributed by atoms with Crippen LogP contribution in [0.2, 0.25) is 0 Å². The van der Waals surface area contributed by atoms with E-state index in [9.17, 15) is 14.4 Å². The topological polar surface area (TPSA) is 105 Å². The number of imide groups is 1. The quantitative estimate of drug-likeness (QED) is 0.264. The predicted octanol–water partition coefficient (Wildman–Crippen LogP) is -0.667. The molecule has 0 spiro atoms. The molecule has 1 heterocycles. The monoisotopic (exact) mass is 242 g/mol. The number of nitrogens with two attached hydrogens (primary N) is 1. The van der Waals surface area contributed by atoms with Crippen LogP contribution < -0.4 is 16.6 Å². The van der Waals surface area contributed by atoms with E-state index in [-0.39, 0.29) is 12.5 Å². The molecule has 0 atom stereocenters. The van der Waals surface area contributed by atoms with Crippen LogP contribution in [0.5, 0.6) is 0 Å². The average Bonchev–Trinajstić information content (AvgIpc) is 2.39. The molecule has 0 saturated carbocycles. The number of hydrazine groups is 1. The summed E-state index contributed by atoms with van der Waals surface area (Å²) in [6, 6.07) is -0.488. The highest BCUT2D eigenvalue weighted by molar-refractivity contribution is 6.06. The molecule has 7 heteroatoms. The number of amides is 4. The number of urea groups is 1. The van der Waals surface area contributed by atoms with Crippen molar-refractivity contribution in [2.75, 3.05) is 6.54 Å². The standard InChI is InChI=1S/C10H18N4O3/c1-9(2,6(15)13-11)5-14-7(16)10(3,4)12-8(14)17/h5,11H2,1-4H3,(H,12,17)(H,13,15). The molecule has 0 aromatic heterocycles. The maximum Gasteiger partial charge on any atom is 0.325 e. The molecule has 0 unspecified atom stereocenters. The Morgan fingerprint density at radius 2 is 2.00 bits per heavy atom. The summed E-state index contributed by atoms with van der Waals surface area (Å²) in [6.45, 7) is 6.44. The summed E-state index contributed by atoms with van der Waals surface area (Å²) >= 11 is 0. The molecule has 17 heavy (non-hydrogen) atoms. The lowest BCUT2D eigenvalue weighted by atomic mass is 9.91. The summed E-state index contributed by atoms with van der Waals surface area (Å²) in [7, 11) is 0. The molecule has 0 radical (unpaired) electrons. The highest BCUT2D eigenvalue weighted by Crippen LogP contribution is 2.23. The van der Waals surface area contributed by atoms with Crippen molar-refractivity contribution < 1.29 is 14.4 Å². The molecule has 1 rings (SSSR count). The third kappa shape index (κ3) is 2.38. The molecular formula is C10H18N4O3. The van der Waals surface area contributed by atoms with E-state index in [4.69, 9.17) is 5.84 Å². The number of nitrogens with one attached hydrogen (secondary N) is 2. The van der Waals surface area contributed by atoms with Crippen LogP contribution in [-0.2, 0) is 9.59 Å². The van der Waals surface area contributed by atoms with E-state index in [1.807, 2.05) is 5.43 Å². The molecule has 1 aliphatic rings. The van der Waals surface area contributed by atoms with Gasteiger partial charge in [-0.2, -0.15) is 0 Å². The predicted molar refractivity (Wildman–Crippen MR) is 60.4 cm³/mol. The Balaban J connectivity index is 2.86. The summed E-state index contributed by atoms with van der Waals surface area (Å²) in [6.07, 6.45) is 0. The second-order valence-electron chi connectivity index (χ2n) is 5.30. The molecule has 1 saturated heterocycles. The molecule has 0 bridgehead atoms. The molecule has 1 fully saturated rings. The van der Waals surface area contributed by atoms with E-state index in [1.165, 1.54) is 0 Å². The number of rotatable bonds is 3. The highest BCUT2D eigenvalue weighted by atomic mass is 16.2. The van der Waals surface area contributed by atoms with Crippen LogP contribution in [0.3, 0.4) is 0 Å². The van der Waals surface area contributed by atoms with Crippen molar-refractivity contribution in [1.29, 1.82) is 0 Å². The van der Waals surface area contributed by atoms with Gasteiger partial charge in [0.2, 0.25) is 5.91 Å². The minimum Gasteiger partial charge on any atom is -0.324 e. The van der Waals surface area contributed by atoms with Gasteiger partial charge in [-0.05, 0) is 27.7 Å². The largest absolute Gasteiger partial charge is 0.325 e. The van der Waals surface area contributed by atoms with Crippen molar-refractivity contribution in [3.05, 3.63) is 0 Å². The number of hydrogen-bond donors (Lipinski definition) is 3. The van der Waals surface area contributed by atoms with Crippen LogP contribution >= 0.6 is 0 Å². The third-order valence-corrected chi connectivity index (χ3v) is 2.74. The molecule has 0 aliphatic carbocycles. The Labute approximate surface area is 99.7 Å². The van der Waals surface area contributed by atoms with Crippen LogP contribution in [0.15, 0.2) is 0 Å². The highest BCUT2D eigenvalue weighted by Gasteiger charge is 2.46. The zero-order valence-electron chi connectivity index (χ0n) is 10.5. The molecule has 4 N–H and O–H groups in total. The fourth-order valence-electron chi connectivity index (χ4n) is 1.62. The second-order valence-corrected chi connectivity index (χ2v) is 5.30. The van der Waals surface area contributed by atoms with Gasteiger partial charge in [0.15, 0.2) is 0 Å². The lowest BCUT2D eigenvalue weighted by molar-refractivity contribution is -0.134. The van der Waals surface area contributed by atoms with Crippen LogP contribution in [0.1, 0.15) is 27.7 Å². The van der Waals surface area contributed by atoms with Crippen LogP contribution in [0, 0.1) is 5.41 Å². The number of carbonyl (C=O) groups is 3. The Morgan fingerprint density at radius 1 is 1.47 bits per heavy atom. The smallest absolute Gasteiger partial charge is 0.324 e. The van der Waals surface area contributed by atoms with Gasteiger partial charge in [0, 0.05) is 6.54 Å². The zero-order valence-corrected chi connectivity index (χ0v) is 10.5. The van der Waals surface area contributed by atoms with E-state index >= 15 is 0 Å². The van der Waals surface area contributed by atoms with Crippen molar-refractivity contribution in [2.45, 2.75) is 33.2 Å². The SMILES string of the molecule is CC(C)(CN1C(=O)NC(C)(C)C1=O)C(=O)NN. The van der Waals surface area contributed by atoms with Crippen molar-refractivity contribution >= 4 is 17.8 Å². The first-order chi connectivity index (χ1) is 7.62. The van der Waals surface area contributed by atoms with Gasteiger partial charge in [0.05, 0.1) is 5.41 Å². The van der Waals surface area contributed by atoms with Crippen LogP contribution in [0.4, 0.5) is 4.79 Å². The number of nitrogens with zero attached hydrogens (tertiary/aromatic N) is 1. The first-order valence-corrected chi connectivity index (χ1v) is 5.27. The van der Waals surface area contributed by atoms with Crippen molar-refractivity contribution in [1.82, 2.24) is 15.6 Å². The van der Waals surface area contributed by atoms with E-state index in [2.05, 4.69) is 5.32 Å². The molecular weight excluding hydrogens is 224 g/mol. The lowest BCUT2D eigenvalue weighted by Crippen LogP contribution is -2.49. The number of carbonyl (C=O) groups excluding carboxylic acids is 3. The summed E-state index contributed by atoms with van der Waals surface area (Å²) in [4.78, 5) is 36.1. The zero-order chi connectivity index (χ0) is 13.4. The third-order valence-electron chi connectivity index (χ3n) is 2.74. The van der Waals surface area contributed by atoms with Gasteiger partial charge in [0.1, 0.15) is 5.54 Å². The van der Waals surface area contributed by atoms with E-state index in [1.54, 1.807) is 27.7 Å². The maximum atomic E-state index is 11.9. The van der Waals surface area contributed by atoms with Crippen LogP contribution in [-0.4, -0.2) is 34.8 Å². The summed E-state index contributed by atoms with van der Waals surface area (Å²) < 4.78 is 0. The Morgan fingerprint density at radius 3 is 2.35 bits per heavy atom. The molecule has 4 amide bonds. The van der Waals surface area contributed by atoms with E-state index < -0.39 is 22.9 Å². The molecule has 0 aromatic carbocycles. The molecule has 7 nitrogen and oxygen atoms in total. The van der Waals surface area contributed by atoms with E-state index in [0.29, 0.717) is 0 Å². The summed E-state index contributed by atoms with van der Waals surface area (Å²) in [5.41, 5.74) is 0.168. The van der Waals surface area contributed by atoms with Gasteiger partial charge in [-0.15, -0.1) is 0 Å². The van der Waals surface area contributed by atoms with Gasteiger partial charge in [0.25, 0.3) is 5.91 Å². The fourth-order valence-corrected chi connectivity index (χ4v) is 1.62. The molecule has 96 valence electrons. The van der Waals surface area contributed by atoms with Crippen molar-refractivity contribution in [2.24, 2.45) is 11.3 Å². The van der Waals surface area contributed by atoms with Crippen molar-refractivity contribution in [3.8, 4) is 0 Å². The lowest BCUT2D eigenvalue weighted by Gasteiger charge is -2.26. The van der Waals surface area contributed by atoms with Gasteiger partial charge in [-0.25, -0.2) is 10.6 Å². The summed E-state index contributed by atoms with van der Waals surface area (Å²) in [5, 5.41) is 2.55. The Bertz CT molecular complexity index is 376. The Kier molecular flexibility index (Phi) is 3.15. The minimum absolute atomic E-state index is 0.00979. The van der Waals surface area contributed by atoms with Gasteiger partial charge in [-0.1, -0.05) is 0 Å². The van der Waals surface area contributed by atoms with Crippen molar-refractivity contribution in [3.63, 3.8) is 0 Å². The number of hydrogen-bond acceptors (Lipinski definition) is 4. The van der Waals surface area contributed by atoms with Gasteiger partial charge in [-0.3, -0.25) is 19.9 Å². The second kappa shape index (κ2) is 3.99. The van der Waals surface area contributed by atoms with Gasteiger partial charge < -0.3 is 5.32 Å². The summed E-state index contributed by atoms with van der Waals surface area (Å²) in [5.74, 6) is 4.28. The first-order valence-electron chi connectivity index (χ1n) is 5.27. The fraction of sp³-hybridized carbons (Fsp3) is 0.700. The molecule has 0 aromatic rings. The van der Waals surface area contributed by atoms with E-state index in [0.717, 1.165) is 4.90 Å².